The van der Waals surface area contributed by atoms with Crippen molar-refractivity contribution in [3.63, 3.8) is 0 Å². The van der Waals surface area contributed by atoms with Gasteiger partial charge >= 0.3 is 0 Å². The quantitative estimate of drug-likeness (QED) is 0.919. The molecule has 0 amide bonds. The van der Waals surface area contributed by atoms with E-state index in [2.05, 4.69) is 13.8 Å². The summed E-state index contributed by atoms with van der Waals surface area (Å²) >= 11 is 0. The Labute approximate surface area is 124 Å². The summed E-state index contributed by atoms with van der Waals surface area (Å²) in [5.41, 5.74) is 7.35. The molecular formula is C17H21FN2O. The molecule has 2 rings (SSSR count). The smallest absolute Gasteiger partial charge is 0.255 e. The van der Waals surface area contributed by atoms with E-state index in [1.807, 2.05) is 6.07 Å². The van der Waals surface area contributed by atoms with E-state index < -0.39 is 6.04 Å². The average Bonchev–Trinajstić information content (AvgIpc) is 2.46. The van der Waals surface area contributed by atoms with E-state index >= 15 is 0 Å². The SMILES string of the molecule is CC(C)CCn1cccc(C(N)c2ccc(F)cc2)c1=O. The highest BCUT2D eigenvalue weighted by Gasteiger charge is 2.14. The van der Waals surface area contributed by atoms with Gasteiger partial charge in [0.15, 0.2) is 0 Å². The minimum atomic E-state index is -0.537. The monoisotopic (exact) mass is 288 g/mol. The number of benzene rings is 1. The maximum atomic E-state index is 13.0. The molecule has 2 aromatic rings. The number of hydrogen-bond donors (Lipinski definition) is 1. The van der Waals surface area contributed by atoms with Crippen LogP contribution in [0.3, 0.4) is 0 Å². The molecule has 1 aromatic carbocycles. The summed E-state index contributed by atoms with van der Waals surface area (Å²) in [6, 6.07) is 8.98. The van der Waals surface area contributed by atoms with E-state index in [1.54, 1.807) is 29.0 Å². The van der Waals surface area contributed by atoms with Crippen LogP contribution in [-0.2, 0) is 6.54 Å². The van der Waals surface area contributed by atoms with Crippen molar-refractivity contribution in [1.82, 2.24) is 4.57 Å². The highest BCUT2D eigenvalue weighted by molar-refractivity contribution is 5.29. The van der Waals surface area contributed by atoms with Crippen molar-refractivity contribution in [1.29, 1.82) is 0 Å². The lowest BCUT2D eigenvalue weighted by Crippen LogP contribution is -2.28. The molecule has 1 unspecified atom stereocenters. The molecular weight excluding hydrogens is 267 g/mol. The van der Waals surface area contributed by atoms with Crippen LogP contribution in [0.25, 0.3) is 0 Å². The Morgan fingerprint density at radius 2 is 1.86 bits per heavy atom. The van der Waals surface area contributed by atoms with Gasteiger partial charge in [-0.15, -0.1) is 0 Å². The highest BCUT2D eigenvalue weighted by atomic mass is 19.1. The molecule has 0 aliphatic rings. The standard InChI is InChI=1S/C17H21FN2O/c1-12(2)9-11-20-10-3-4-15(17(20)21)16(19)13-5-7-14(18)8-6-13/h3-8,10,12,16H,9,11,19H2,1-2H3. The van der Waals surface area contributed by atoms with Crippen molar-refractivity contribution >= 4 is 0 Å². The van der Waals surface area contributed by atoms with Crippen molar-refractivity contribution in [2.75, 3.05) is 0 Å². The zero-order chi connectivity index (χ0) is 15.4. The van der Waals surface area contributed by atoms with Crippen LogP contribution in [0.4, 0.5) is 4.39 Å². The minimum absolute atomic E-state index is 0.0741. The second kappa shape index (κ2) is 6.68. The lowest BCUT2D eigenvalue weighted by atomic mass is 10.0. The lowest BCUT2D eigenvalue weighted by molar-refractivity contribution is 0.505. The zero-order valence-corrected chi connectivity index (χ0v) is 12.4. The number of halogens is 1. The topological polar surface area (TPSA) is 48.0 Å². The molecule has 0 spiro atoms. The molecule has 21 heavy (non-hydrogen) atoms. The molecule has 0 fully saturated rings. The molecule has 0 radical (unpaired) electrons. The molecule has 112 valence electrons. The first-order chi connectivity index (χ1) is 9.99. The van der Waals surface area contributed by atoms with E-state index in [1.165, 1.54) is 12.1 Å². The summed E-state index contributed by atoms with van der Waals surface area (Å²) < 4.78 is 14.7. The molecule has 3 nitrogen and oxygen atoms in total. The number of rotatable bonds is 5. The Bertz CT molecular complexity index is 647. The Balaban J connectivity index is 2.29. The molecule has 0 aliphatic heterocycles. The number of nitrogens with two attached hydrogens (primary N) is 1. The van der Waals surface area contributed by atoms with Crippen molar-refractivity contribution in [2.24, 2.45) is 11.7 Å². The van der Waals surface area contributed by atoms with Gasteiger partial charge in [-0.05, 0) is 36.1 Å². The predicted molar refractivity (Wildman–Crippen MR) is 82.6 cm³/mol. The van der Waals surface area contributed by atoms with Gasteiger partial charge in [0.2, 0.25) is 0 Å². The van der Waals surface area contributed by atoms with E-state index in [0.717, 1.165) is 12.0 Å². The van der Waals surface area contributed by atoms with Crippen LogP contribution < -0.4 is 11.3 Å². The maximum Gasteiger partial charge on any atom is 0.255 e. The third-order valence-electron chi connectivity index (χ3n) is 3.56. The minimum Gasteiger partial charge on any atom is -0.320 e. The lowest BCUT2D eigenvalue weighted by Gasteiger charge is -2.14. The van der Waals surface area contributed by atoms with E-state index in [0.29, 0.717) is 18.0 Å². The number of aromatic nitrogens is 1. The number of hydrogen-bond acceptors (Lipinski definition) is 2. The van der Waals surface area contributed by atoms with Gasteiger partial charge in [-0.25, -0.2) is 4.39 Å². The first-order valence-corrected chi connectivity index (χ1v) is 7.19. The van der Waals surface area contributed by atoms with E-state index in [9.17, 15) is 9.18 Å². The second-order valence-corrected chi connectivity index (χ2v) is 5.67. The third-order valence-corrected chi connectivity index (χ3v) is 3.56. The molecule has 0 saturated heterocycles. The van der Waals surface area contributed by atoms with E-state index in [4.69, 9.17) is 5.73 Å². The predicted octanol–water partition coefficient (Wildman–Crippen LogP) is 3.08. The Morgan fingerprint density at radius 3 is 2.48 bits per heavy atom. The van der Waals surface area contributed by atoms with Gasteiger partial charge in [0.1, 0.15) is 5.82 Å². The molecule has 1 aromatic heterocycles. The number of nitrogens with zero attached hydrogens (tertiary/aromatic N) is 1. The third kappa shape index (κ3) is 3.79. The van der Waals surface area contributed by atoms with Crippen molar-refractivity contribution < 1.29 is 4.39 Å². The fourth-order valence-corrected chi connectivity index (χ4v) is 2.22. The van der Waals surface area contributed by atoms with Gasteiger partial charge < -0.3 is 10.3 Å². The first kappa shape index (κ1) is 15.4. The average molecular weight is 288 g/mol. The zero-order valence-electron chi connectivity index (χ0n) is 12.4. The Morgan fingerprint density at radius 1 is 1.19 bits per heavy atom. The van der Waals surface area contributed by atoms with Crippen molar-refractivity contribution in [2.45, 2.75) is 32.9 Å². The van der Waals surface area contributed by atoms with Gasteiger partial charge in [0.05, 0.1) is 6.04 Å². The fourth-order valence-electron chi connectivity index (χ4n) is 2.22. The van der Waals surface area contributed by atoms with Crippen LogP contribution in [-0.4, -0.2) is 4.57 Å². The highest BCUT2D eigenvalue weighted by Crippen LogP contribution is 2.17. The molecule has 0 saturated carbocycles. The van der Waals surface area contributed by atoms with Crippen LogP contribution in [0.2, 0.25) is 0 Å². The molecule has 1 atom stereocenters. The Kier molecular flexibility index (Phi) is 4.91. The van der Waals surface area contributed by atoms with Gasteiger partial charge in [-0.2, -0.15) is 0 Å². The van der Waals surface area contributed by atoms with Gasteiger partial charge in [0, 0.05) is 18.3 Å². The summed E-state index contributed by atoms with van der Waals surface area (Å²) in [6.07, 6.45) is 2.72. The van der Waals surface area contributed by atoms with Gasteiger partial charge in [-0.3, -0.25) is 4.79 Å². The number of aryl methyl sites for hydroxylation is 1. The van der Waals surface area contributed by atoms with Crippen LogP contribution in [0.15, 0.2) is 47.4 Å². The first-order valence-electron chi connectivity index (χ1n) is 7.19. The molecule has 4 heteroatoms. The van der Waals surface area contributed by atoms with Crippen LogP contribution in [0, 0.1) is 11.7 Å². The summed E-state index contributed by atoms with van der Waals surface area (Å²) in [7, 11) is 0. The summed E-state index contributed by atoms with van der Waals surface area (Å²) in [6.45, 7) is 4.93. The maximum absolute atomic E-state index is 13.0. The fraction of sp³-hybridized carbons (Fsp3) is 0.353. The van der Waals surface area contributed by atoms with Crippen LogP contribution in [0.5, 0.6) is 0 Å². The van der Waals surface area contributed by atoms with Crippen molar-refractivity contribution in [3.8, 4) is 0 Å². The molecule has 0 bridgehead atoms. The van der Waals surface area contributed by atoms with E-state index in [-0.39, 0.29) is 11.4 Å². The summed E-state index contributed by atoms with van der Waals surface area (Å²) in [4.78, 5) is 12.5. The Hall–Kier alpha value is -1.94. The van der Waals surface area contributed by atoms with Gasteiger partial charge in [-0.1, -0.05) is 32.0 Å². The normalized spacial score (nSPS) is 12.6. The largest absolute Gasteiger partial charge is 0.320 e. The molecule has 1 heterocycles. The number of pyridine rings is 1. The van der Waals surface area contributed by atoms with Crippen LogP contribution in [0.1, 0.15) is 37.4 Å². The second-order valence-electron chi connectivity index (χ2n) is 5.67. The summed E-state index contributed by atoms with van der Waals surface area (Å²) in [5.74, 6) is 0.222. The molecule has 2 N–H and O–H groups in total. The van der Waals surface area contributed by atoms with Gasteiger partial charge in [0.25, 0.3) is 5.56 Å². The summed E-state index contributed by atoms with van der Waals surface area (Å²) in [5, 5.41) is 0. The van der Waals surface area contributed by atoms with Crippen molar-refractivity contribution in [3.05, 3.63) is 69.9 Å². The molecule has 0 aliphatic carbocycles. The van der Waals surface area contributed by atoms with Crippen LogP contribution >= 0.6 is 0 Å².